The van der Waals surface area contributed by atoms with Gasteiger partial charge in [0.2, 0.25) is 0 Å². The first-order valence-corrected chi connectivity index (χ1v) is 12.1. The van der Waals surface area contributed by atoms with E-state index in [1.54, 1.807) is 24.3 Å². The first kappa shape index (κ1) is 23.8. The highest BCUT2D eigenvalue weighted by molar-refractivity contribution is 7.92. The molecule has 0 atom stereocenters. The Morgan fingerprint density at radius 2 is 2.00 bits per heavy atom. The number of aromatic nitrogens is 1. The zero-order valence-electron chi connectivity index (χ0n) is 17.8. The lowest BCUT2D eigenvalue weighted by Gasteiger charge is -2.25. The number of nitrogens with one attached hydrogen (secondary N) is 1. The van der Waals surface area contributed by atoms with Crippen LogP contribution in [-0.4, -0.2) is 33.0 Å². The Hall–Kier alpha value is -2.88. The van der Waals surface area contributed by atoms with E-state index in [0.717, 1.165) is 14.9 Å². The number of nitrogens with zero attached hydrogens (tertiary/aromatic N) is 2. The van der Waals surface area contributed by atoms with Crippen LogP contribution in [-0.2, 0) is 10.0 Å². The maximum absolute atomic E-state index is 13.5. The third-order valence-electron chi connectivity index (χ3n) is 4.67. The average Bonchev–Trinajstić information content (AvgIpc) is 3.08. The van der Waals surface area contributed by atoms with Gasteiger partial charge in [0.05, 0.1) is 40.5 Å². The largest absolute Gasteiger partial charge is 0.495 e. The normalized spacial score (nSPS) is 11.1. The van der Waals surface area contributed by atoms with Crippen molar-refractivity contribution < 1.29 is 17.9 Å². The molecular weight excluding hydrogens is 470 g/mol. The van der Waals surface area contributed by atoms with E-state index in [4.69, 9.17) is 16.3 Å². The van der Waals surface area contributed by atoms with E-state index in [9.17, 15) is 13.2 Å². The first-order valence-electron chi connectivity index (χ1n) is 9.50. The topological polar surface area (TPSA) is 88.6 Å². The summed E-state index contributed by atoms with van der Waals surface area (Å²) in [6, 6.07) is 10.8. The Labute approximate surface area is 196 Å². The van der Waals surface area contributed by atoms with Gasteiger partial charge in [0.25, 0.3) is 15.9 Å². The fourth-order valence-electron chi connectivity index (χ4n) is 2.94. The Bertz CT molecular complexity index is 1250. The standard InChI is InChI=1S/C22H22ClN3O4S2/c1-5-12-26(19-8-6-7-9-20(19)30-4)32(28,29)16-10-11-18(23)17(13-16)21(27)25-22-24-14(2)15(3)31-22/h5-11,13H,1,12H2,2-4H3,(H,24,25,27). The third-order valence-corrected chi connectivity index (χ3v) is 7.76. The Balaban J connectivity index is 2.02. The molecule has 0 fully saturated rings. The highest BCUT2D eigenvalue weighted by Gasteiger charge is 2.28. The first-order chi connectivity index (χ1) is 15.2. The number of hydrogen-bond acceptors (Lipinski definition) is 6. The van der Waals surface area contributed by atoms with Gasteiger partial charge in [-0.3, -0.25) is 14.4 Å². The van der Waals surface area contributed by atoms with Crippen molar-refractivity contribution in [2.75, 3.05) is 23.3 Å². The van der Waals surface area contributed by atoms with E-state index in [0.29, 0.717) is 16.6 Å². The summed E-state index contributed by atoms with van der Waals surface area (Å²) in [5, 5.41) is 3.22. The van der Waals surface area contributed by atoms with E-state index in [-0.39, 0.29) is 22.0 Å². The number of carbonyl (C=O) groups excluding carboxylic acids is 1. The monoisotopic (exact) mass is 491 g/mol. The summed E-state index contributed by atoms with van der Waals surface area (Å²) in [5.41, 5.74) is 1.19. The van der Waals surface area contributed by atoms with Gasteiger partial charge < -0.3 is 4.74 Å². The summed E-state index contributed by atoms with van der Waals surface area (Å²) >= 11 is 7.56. The summed E-state index contributed by atoms with van der Waals surface area (Å²) in [5.74, 6) is -0.160. The molecule has 0 aliphatic rings. The summed E-state index contributed by atoms with van der Waals surface area (Å²) in [6.45, 7) is 7.41. The van der Waals surface area contributed by atoms with E-state index in [1.807, 2.05) is 13.8 Å². The minimum atomic E-state index is -4.07. The number of thiazole rings is 1. The molecule has 3 aromatic rings. The van der Waals surface area contributed by atoms with Crippen LogP contribution in [0.2, 0.25) is 5.02 Å². The zero-order valence-corrected chi connectivity index (χ0v) is 20.1. The third kappa shape index (κ3) is 4.79. The molecule has 1 heterocycles. The average molecular weight is 492 g/mol. The number of aryl methyl sites for hydroxylation is 2. The molecule has 168 valence electrons. The van der Waals surface area contributed by atoms with Crippen LogP contribution >= 0.6 is 22.9 Å². The molecule has 1 amide bonds. The second kappa shape index (κ2) is 9.72. The second-order valence-electron chi connectivity index (χ2n) is 6.75. The van der Waals surface area contributed by atoms with Crippen LogP contribution < -0.4 is 14.4 Å². The number of rotatable bonds is 8. The molecule has 3 rings (SSSR count). The maximum Gasteiger partial charge on any atom is 0.264 e. The number of hydrogen-bond donors (Lipinski definition) is 1. The molecule has 0 saturated carbocycles. The van der Waals surface area contributed by atoms with Gasteiger partial charge in [0, 0.05) is 4.88 Å². The fourth-order valence-corrected chi connectivity index (χ4v) is 5.42. The van der Waals surface area contributed by atoms with Crippen LogP contribution in [0.1, 0.15) is 20.9 Å². The Morgan fingerprint density at radius 1 is 1.28 bits per heavy atom. The van der Waals surface area contributed by atoms with Gasteiger partial charge in [-0.2, -0.15) is 0 Å². The number of halogens is 1. The van der Waals surface area contributed by atoms with Gasteiger partial charge in [-0.05, 0) is 44.2 Å². The molecule has 1 N–H and O–H groups in total. The molecule has 32 heavy (non-hydrogen) atoms. The number of para-hydroxylation sites is 2. The SMILES string of the molecule is C=CCN(c1ccccc1OC)S(=O)(=O)c1ccc(Cl)c(C(=O)Nc2nc(C)c(C)s2)c1. The number of sulfonamides is 1. The molecule has 0 unspecified atom stereocenters. The highest BCUT2D eigenvalue weighted by atomic mass is 35.5. The molecule has 10 heteroatoms. The van der Waals surface area contributed by atoms with Gasteiger partial charge >= 0.3 is 0 Å². The second-order valence-corrected chi connectivity index (χ2v) is 10.2. The predicted octanol–water partition coefficient (Wildman–Crippen LogP) is 5.06. The molecule has 0 aliphatic carbocycles. The van der Waals surface area contributed by atoms with Gasteiger partial charge in [0.1, 0.15) is 5.75 Å². The van der Waals surface area contributed by atoms with Gasteiger partial charge in [-0.1, -0.05) is 29.8 Å². The molecule has 0 aliphatic heterocycles. The van der Waals surface area contributed by atoms with Crippen LogP contribution in [0.15, 0.2) is 60.0 Å². The van der Waals surface area contributed by atoms with Gasteiger partial charge in [-0.15, -0.1) is 17.9 Å². The molecular formula is C22H22ClN3O4S2. The summed E-state index contributed by atoms with van der Waals surface area (Å²) < 4.78 is 33.5. The zero-order chi connectivity index (χ0) is 23.5. The molecule has 0 bridgehead atoms. The van der Waals surface area contributed by atoms with E-state index >= 15 is 0 Å². The van der Waals surface area contributed by atoms with Crippen molar-refractivity contribution in [1.82, 2.24) is 4.98 Å². The highest BCUT2D eigenvalue weighted by Crippen LogP contribution is 2.33. The number of carbonyl (C=O) groups is 1. The van der Waals surface area contributed by atoms with Crippen molar-refractivity contribution in [2.45, 2.75) is 18.7 Å². The minimum Gasteiger partial charge on any atom is -0.495 e. The Morgan fingerprint density at radius 3 is 2.62 bits per heavy atom. The predicted molar refractivity (Wildman–Crippen MR) is 129 cm³/mol. The van der Waals surface area contributed by atoms with Crippen LogP contribution in [0.3, 0.4) is 0 Å². The van der Waals surface area contributed by atoms with Crippen molar-refractivity contribution >= 4 is 49.7 Å². The fraction of sp³-hybridized carbons (Fsp3) is 0.182. The molecule has 0 radical (unpaired) electrons. The molecule has 0 spiro atoms. The Kier molecular flexibility index (Phi) is 7.22. The van der Waals surface area contributed by atoms with E-state index < -0.39 is 15.9 Å². The van der Waals surface area contributed by atoms with E-state index in [1.165, 1.54) is 42.7 Å². The van der Waals surface area contributed by atoms with Crippen molar-refractivity contribution in [3.05, 3.63) is 76.3 Å². The van der Waals surface area contributed by atoms with Crippen LogP contribution in [0.4, 0.5) is 10.8 Å². The quantitative estimate of drug-likeness (QED) is 0.445. The summed E-state index contributed by atoms with van der Waals surface area (Å²) in [6.07, 6.45) is 1.47. The molecule has 1 aromatic heterocycles. The van der Waals surface area contributed by atoms with Crippen molar-refractivity contribution in [2.24, 2.45) is 0 Å². The smallest absolute Gasteiger partial charge is 0.264 e. The van der Waals surface area contributed by atoms with Crippen molar-refractivity contribution in [3.8, 4) is 5.75 Å². The summed E-state index contributed by atoms with van der Waals surface area (Å²) in [7, 11) is -2.60. The minimum absolute atomic E-state index is 0.00450. The number of benzene rings is 2. The number of anilines is 2. The molecule has 0 saturated heterocycles. The molecule has 2 aromatic carbocycles. The number of amides is 1. The van der Waals surface area contributed by atoms with Crippen molar-refractivity contribution in [3.63, 3.8) is 0 Å². The van der Waals surface area contributed by atoms with Crippen LogP contribution in [0, 0.1) is 13.8 Å². The van der Waals surface area contributed by atoms with Gasteiger partial charge in [-0.25, -0.2) is 13.4 Å². The van der Waals surface area contributed by atoms with E-state index in [2.05, 4.69) is 16.9 Å². The van der Waals surface area contributed by atoms with Crippen molar-refractivity contribution in [1.29, 1.82) is 0 Å². The lowest BCUT2D eigenvalue weighted by Crippen LogP contribution is -2.31. The maximum atomic E-state index is 13.5. The van der Waals surface area contributed by atoms with Crippen LogP contribution in [0.5, 0.6) is 5.75 Å². The van der Waals surface area contributed by atoms with Gasteiger partial charge in [0.15, 0.2) is 5.13 Å². The lowest BCUT2D eigenvalue weighted by molar-refractivity contribution is 0.102. The molecule has 7 nitrogen and oxygen atoms in total. The number of ether oxygens (including phenoxy) is 1. The van der Waals surface area contributed by atoms with Crippen LogP contribution in [0.25, 0.3) is 0 Å². The lowest BCUT2D eigenvalue weighted by atomic mass is 10.2. The number of methoxy groups -OCH3 is 1. The summed E-state index contributed by atoms with van der Waals surface area (Å²) in [4.78, 5) is 18.0.